The number of hydrogen-bond donors (Lipinski definition) is 0. The molecule has 0 aromatic carbocycles. The van der Waals surface area contributed by atoms with E-state index in [4.69, 9.17) is 0 Å². The molecule has 0 aromatic rings. The van der Waals surface area contributed by atoms with E-state index in [2.05, 4.69) is 106 Å². The normalized spacial score (nSPS) is 25.9. The summed E-state index contributed by atoms with van der Waals surface area (Å²) in [6, 6.07) is 0. The molecule has 0 saturated carbocycles. The molecule has 142 valence electrons. The van der Waals surface area contributed by atoms with Crippen molar-refractivity contribution in [3.05, 3.63) is 70.9 Å². The Bertz CT molecular complexity index is 775. The molecule has 0 aliphatic heterocycles. The van der Waals surface area contributed by atoms with Crippen molar-refractivity contribution in [3.8, 4) is 0 Å². The average Bonchev–Trinajstić information content (AvgIpc) is 3.34. The molecular weight excluding hydrogens is 408 g/mol. The zero-order valence-corrected chi connectivity index (χ0v) is 22.0. The van der Waals surface area contributed by atoms with Crippen molar-refractivity contribution in [2.24, 2.45) is 0 Å². The van der Waals surface area contributed by atoms with Gasteiger partial charge >= 0.3 is 161 Å². The van der Waals surface area contributed by atoms with Gasteiger partial charge in [0.05, 0.1) is 0 Å². The summed E-state index contributed by atoms with van der Waals surface area (Å²) in [4.78, 5) is 0. The summed E-state index contributed by atoms with van der Waals surface area (Å²) in [7, 11) is 0. The Hall–Kier alpha value is -0.460. The molecular formula is C24H38SiZr. The number of rotatable bonds is 4. The van der Waals surface area contributed by atoms with Gasteiger partial charge in [-0.05, 0) is 0 Å². The molecule has 0 unspecified atom stereocenters. The Morgan fingerprint density at radius 2 is 1.04 bits per heavy atom. The molecule has 0 bridgehead atoms. The van der Waals surface area contributed by atoms with E-state index >= 15 is 0 Å². The van der Waals surface area contributed by atoms with Crippen LogP contribution >= 0.6 is 0 Å². The van der Waals surface area contributed by atoms with Gasteiger partial charge in [-0.3, -0.25) is 0 Å². The van der Waals surface area contributed by atoms with Gasteiger partial charge in [0, 0.05) is 0 Å². The van der Waals surface area contributed by atoms with E-state index in [1.54, 1.807) is 22.3 Å². The quantitative estimate of drug-likeness (QED) is 0.385. The zero-order chi connectivity index (χ0) is 19.6. The maximum absolute atomic E-state index is 4.10. The van der Waals surface area contributed by atoms with Gasteiger partial charge in [0.15, 0.2) is 0 Å². The summed E-state index contributed by atoms with van der Waals surface area (Å²) in [5.74, 6) is -1.08. The first-order chi connectivity index (χ1) is 11.9. The fourth-order valence-corrected chi connectivity index (χ4v) is 55.4. The molecule has 0 radical (unpaired) electrons. The van der Waals surface area contributed by atoms with Crippen molar-refractivity contribution in [1.29, 1.82) is 0 Å². The molecule has 0 nitrogen and oxygen atoms in total. The van der Waals surface area contributed by atoms with Crippen LogP contribution in [0.4, 0.5) is 0 Å². The second-order valence-electron chi connectivity index (χ2n) is 11.0. The van der Waals surface area contributed by atoms with Gasteiger partial charge < -0.3 is 0 Å². The molecule has 0 heterocycles. The van der Waals surface area contributed by atoms with E-state index < -0.39 is 22.4 Å². The molecule has 26 heavy (non-hydrogen) atoms. The molecule has 3 rings (SSSR count). The van der Waals surface area contributed by atoms with Crippen molar-refractivity contribution in [2.75, 3.05) is 0 Å². The molecule has 0 atom stereocenters. The van der Waals surface area contributed by atoms with Crippen molar-refractivity contribution >= 4 is 5.92 Å². The van der Waals surface area contributed by atoms with Crippen molar-refractivity contribution in [3.63, 3.8) is 0 Å². The van der Waals surface area contributed by atoms with Crippen LogP contribution in [-0.2, 0) is 16.5 Å². The van der Waals surface area contributed by atoms with Gasteiger partial charge in [0.1, 0.15) is 0 Å². The molecule has 2 heteroatoms. The van der Waals surface area contributed by atoms with Crippen molar-refractivity contribution < 1.29 is 16.5 Å². The van der Waals surface area contributed by atoms with Crippen LogP contribution in [0.15, 0.2) is 70.9 Å². The third-order valence-corrected chi connectivity index (χ3v) is 79.3. The second-order valence-corrected chi connectivity index (χ2v) is 58.1. The van der Waals surface area contributed by atoms with Crippen molar-refractivity contribution in [2.45, 2.75) is 67.4 Å². The van der Waals surface area contributed by atoms with E-state index in [0.717, 1.165) is 0 Å². The fourth-order valence-electron chi connectivity index (χ4n) is 7.50. The summed E-state index contributed by atoms with van der Waals surface area (Å²) in [5, 5.41) is 0. The van der Waals surface area contributed by atoms with Crippen LogP contribution in [0.5, 0.6) is 0 Å². The molecule has 3 aliphatic carbocycles. The molecule has 0 aromatic heterocycles. The van der Waals surface area contributed by atoms with E-state index in [1.165, 1.54) is 0 Å². The number of allylic oxidation sites excluding steroid dienone is 12. The van der Waals surface area contributed by atoms with Crippen LogP contribution < -0.4 is 0 Å². The van der Waals surface area contributed by atoms with Gasteiger partial charge in [0.2, 0.25) is 0 Å². The van der Waals surface area contributed by atoms with Crippen LogP contribution in [0, 0.1) is 0 Å². The Morgan fingerprint density at radius 3 is 1.31 bits per heavy atom. The topological polar surface area (TPSA) is 0 Å². The summed E-state index contributed by atoms with van der Waals surface area (Å²) >= 11 is -4.10. The van der Waals surface area contributed by atoms with Gasteiger partial charge in [-0.15, -0.1) is 0 Å². The monoisotopic (exact) mass is 444 g/mol. The Morgan fingerprint density at radius 1 is 0.731 bits per heavy atom. The Kier molecular flexibility index (Phi) is 4.32. The first kappa shape index (κ1) is 20.3. The molecule has 3 aliphatic rings. The Balaban J connectivity index is 2.57. The predicted molar refractivity (Wildman–Crippen MR) is 120 cm³/mol. The summed E-state index contributed by atoms with van der Waals surface area (Å²) in [6.07, 6.45) is 19.6. The minimum atomic E-state index is -4.10. The Labute approximate surface area is 160 Å². The molecule has 0 spiro atoms. The molecule has 0 N–H and O–H groups in total. The maximum atomic E-state index is 2.87. The third-order valence-electron chi connectivity index (χ3n) is 11.1. The second kappa shape index (κ2) is 5.54. The summed E-state index contributed by atoms with van der Waals surface area (Å²) in [6.45, 7) is 17.6. The summed E-state index contributed by atoms with van der Waals surface area (Å²) < 4.78 is 7.18. The van der Waals surface area contributed by atoms with Gasteiger partial charge in [-0.2, -0.15) is 0 Å². The van der Waals surface area contributed by atoms with E-state index in [1.807, 2.05) is 0 Å². The van der Waals surface area contributed by atoms with E-state index in [9.17, 15) is 0 Å². The van der Waals surface area contributed by atoms with Crippen LogP contribution in [0.2, 0.25) is 32.7 Å². The fraction of sp³-hybridized carbons (Fsp3) is 0.500. The predicted octanol–water partition coefficient (Wildman–Crippen LogP) is 7.99. The minimum absolute atomic E-state index is 0.211. The van der Waals surface area contributed by atoms with Gasteiger partial charge in [-0.25, -0.2) is 0 Å². The first-order valence-electron chi connectivity index (χ1n) is 10.4. The van der Waals surface area contributed by atoms with Gasteiger partial charge in [-0.1, -0.05) is 0 Å². The molecule has 0 fully saturated rings. The first-order valence-corrected chi connectivity index (χ1v) is 26.5. The molecule has 0 amide bonds. The summed E-state index contributed by atoms with van der Waals surface area (Å²) in [5.41, 5.74) is 6.44. The van der Waals surface area contributed by atoms with Crippen LogP contribution in [0.25, 0.3) is 0 Å². The van der Waals surface area contributed by atoms with E-state index in [-0.39, 0.29) is 3.12 Å². The third kappa shape index (κ3) is 1.76. The molecule has 0 saturated heterocycles. The average molecular weight is 446 g/mol. The van der Waals surface area contributed by atoms with Crippen LogP contribution in [0.1, 0.15) is 34.6 Å². The zero-order valence-electron chi connectivity index (χ0n) is 18.4. The van der Waals surface area contributed by atoms with Gasteiger partial charge in [0.25, 0.3) is 0 Å². The van der Waals surface area contributed by atoms with Crippen LogP contribution in [0.3, 0.4) is 0 Å². The van der Waals surface area contributed by atoms with Crippen molar-refractivity contribution in [1.82, 2.24) is 0 Å². The number of hydrogen-bond acceptors (Lipinski definition) is 0. The SMILES string of the molecule is CC1=C(C)[C](C)([Zr]([CH3])([CH3])([CH]2C=CC=C2)([CH]2C=CC=C2)[SiH](C)C)C(C)=C1C. The van der Waals surface area contributed by atoms with Crippen LogP contribution in [-0.4, -0.2) is 5.92 Å². The van der Waals surface area contributed by atoms with E-state index in [0.29, 0.717) is 7.25 Å². The standard InChI is InChI=1S/C10H15.2C5H5.C2H7Si.2CH3.Zr/c1-6-7(2)9(4)10(5)8(6)3;2*1-2-4-5-3-1;1-3-2;;;/h1-5H3;2*1-5H;3H,1-2H3;2*1H3;.